The highest BCUT2D eigenvalue weighted by atomic mass is 16.5. The second-order valence-corrected chi connectivity index (χ2v) is 20.7. The van der Waals surface area contributed by atoms with Gasteiger partial charge in [-0.1, -0.05) is 142 Å². The normalized spacial score (nSPS) is 24.8. The summed E-state index contributed by atoms with van der Waals surface area (Å²) in [6, 6.07) is 20.8. The Hall–Kier alpha value is -2.70. The summed E-state index contributed by atoms with van der Waals surface area (Å²) < 4.78 is 24.8. The molecule has 0 bridgehead atoms. The van der Waals surface area contributed by atoms with Crippen molar-refractivity contribution in [2.45, 2.75) is 190 Å². The molecule has 2 aliphatic carbocycles. The monoisotopic (exact) mass is 789 g/mol. The largest absolute Gasteiger partial charge is 0.462 e. The van der Waals surface area contributed by atoms with Crippen molar-refractivity contribution in [3.8, 4) is 0 Å². The Kier molecular flexibility index (Phi) is 17.7. The Morgan fingerprint density at radius 2 is 0.947 bits per heavy atom. The van der Waals surface area contributed by atoms with E-state index >= 15 is 0 Å². The molecule has 0 heterocycles. The van der Waals surface area contributed by atoms with Gasteiger partial charge in [0.2, 0.25) is 0 Å². The van der Waals surface area contributed by atoms with Gasteiger partial charge in [0.25, 0.3) is 0 Å². The van der Waals surface area contributed by atoms with E-state index in [9.17, 15) is 9.59 Å². The zero-order valence-corrected chi connectivity index (χ0v) is 37.7. The van der Waals surface area contributed by atoms with Gasteiger partial charge >= 0.3 is 11.9 Å². The summed E-state index contributed by atoms with van der Waals surface area (Å²) in [6.45, 7) is 24.4. The molecule has 6 nitrogen and oxygen atoms in total. The quantitative estimate of drug-likeness (QED) is 0.0713. The van der Waals surface area contributed by atoms with Crippen molar-refractivity contribution in [3.63, 3.8) is 0 Å². The molecule has 2 aromatic carbocycles. The van der Waals surface area contributed by atoms with Gasteiger partial charge in [0.1, 0.15) is 12.2 Å². The highest BCUT2D eigenvalue weighted by Crippen LogP contribution is 2.53. The van der Waals surface area contributed by atoms with E-state index in [0.717, 1.165) is 96.7 Å². The average Bonchev–Trinajstić information content (AvgIpc) is 3.21. The van der Waals surface area contributed by atoms with Gasteiger partial charge in [-0.15, -0.1) is 0 Å². The predicted molar refractivity (Wildman–Crippen MR) is 233 cm³/mol. The molecule has 0 spiro atoms. The molecule has 0 saturated heterocycles. The van der Waals surface area contributed by atoms with Crippen LogP contribution in [0.5, 0.6) is 0 Å². The third-order valence-corrected chi connectivity index (χ3v) is 13.6. The standard InChI is InChI=1S/C51H80O6/c1-38(40-23-17-15-18-24-40)54-31-29-42-33-48(3,4)34-43(35-49(42,5)6)56-46(52)27-21-13-11-12-14-22-28-47(53)57-44-36-50(7,8)45(51(9,10)37-44)30-32-55-39(2)41-25-19-16-20-26-41/h15-20,23-26,38-39,42-45H,11-14,21-22,27-37H2,1-10H3. The van der Waals surface area contributed by atoms with Crippen LogP contribution in [0.25, 0.3) is 0 Å². The van der Waals surface area contributed by atoms with Crippen LogP contribution in [0.15, 0.2) is 60.7 Å². The minimum absolute atomic E-state index is 0.0343. The number of esters is 2. The first kappa shape index (κ1) is 47.0. The number of hydrogen-bond donors (Lipinski definition) is 0. The topological polar surface area (TPSA) is 71.1 Å². The Bertz CT molecular complexity index is 1460. The molecule has 320 valence electrons. The maximum atomic E-state index is 13.0. The summed E-state index contributed by atoms with van der Waals surface area (Å²) in [5, 5.41) is 0. The first-order valence-corrected chi connectivity index (χ1v) is 22.6. The van der Waals surface area contributed by atoms with E-state index in [-0.39, 0.29) is 58.0 Å². The molecule has 2 saturated carbocycles. The number of carbonyl (C=O) groups excluding carboxylic acids is 2. The van der Waals surface area contributed by atoms with Crippen molar-refractivity contribution in [2.75, 3.05) is 13.2 Å². The molecule has 0 aliphatic heterocycles. The SMILES string of the molecule is CC(OCCC1CC(C)(C)CC(OC(=O)CCCCCCCCC(=O)OC2CC(C)(C)C(CCOC(C)c3ccccc3)C(C)(C)C2)CC1(C)C)c1ccccc1. The average molecular weight is 789 g/mol. The zero-order valence-electron chi connectivity index (χ0n) is 37.7. The number of hydrogen-bond acceptors (Lipinski definition) is 6. The van der Waals surface area contributed by atoms with Crippen LogP contribution in [-0.2, 0) is 28.5 Å². The highest BCUT2D eigenvalue weighted by molar-refractivity contribution is 5.69. The van der Waals surface area contributed by atoms with E-state index in [1.165, 1.54) is 11.1 Å². The fourth-order valence-electron chi connectivity index (χ4n) is 10.6. The summed E-state index contributed by atoms with van der Waals surface area (Å²) in [7, 11) is 0. The Morgan fingerprint density at radius 1 is 0.544 bits per heavy atom. The molecule has 0 radical (unpaired) electrons. The van der Waals surface area contributed by atoms with Gasteiger partial charge in [-0.25, -0.2) is 0 Å². The summed E-state index contributed by atoms with van der Waals surface area (Å²) in [5.74, 6) is 0.875. The lowest BCUT2D eigenvalue weighted by atomic mass is 9.55. The third kappa shape index (κ3) is 15.4. The maximum Gasteiger partial charge on any atom is 0.306 e. The molecular weight excluding hydrogens is 709 g/mol. The highest BCUT2D eigenvalue weighted by Gasteiger charge is 2.48. The summed E-state index contributed by atoms with van der Waals surface area (Å²) in [4.78, 5) is 25.9. The Balaban J connectivity index is 1.07. The maximum absolute atomic E-state index is 13.0. The predicted octanol–water partition coefficient (Wildman–Crippen LogP) is 13.6. The van der Waals surface area contributed by atoms with Crippen molar-refractivity contribution >= 4 is 11.9 Å². The fourth-order valence-corrected chi connectivity index (χ4v) is 10.6. The van der Waals surface area contributed by atoms with Crippen LogP contribution in [0.3, 0.4) is 0 Å². The minimum atomic E-state index is -0.0602. The molecule has 4 atom stereocenters. The molecule has 57 heavy (non-hydrogen) atoms. The van der Waals surface area contributed by atoms with Crippen LogP contribution in [0.4, 0.5) is 0 Å². The van der Waals surface area contributed by atoms with Gasteiger partial charge in [-0.05, 0) is 116 Å². The van der Waals surface area contributed by atoms with E-state index in [2.05, 4.69) is 118 Å². The second kappa shape index (κ2) is 21.5. The molecule has 0 N–H and O–H groups in total. The molecule has 2 aromatic rings. The van der Waals surface area contributed by atoms with Crippen LogP contribution in [0.1, 0.15) is 189 Å². The molecule has 4 unspecified atom stereocenters. The van der Waals surface area contributed by atoms with Crippen molar-refractivity contribution < 1.29 is 28.5 Å². The lowest BCUT2D eigenvalue weighted by Crippen LogP contribution is -2.47. The Morgan fingerprint density at radius 3 is 1.42 bits per heavy atom. The molecular formula is C51H80O6. The van der Waals surface area contributed by atoms with Gasteiger partial charge in [-0.2, -0.15) is 0 Å². The van der Waals surface area contributed by atoms with Crippen LogP contribution in [-0.4, -0.2) is 37.4 Å². The number of unbranched alkanes of at least 4 members (excludes halogenated alkanes) is 5. The van der Waals surface area contributed by atoms with E-state index in [0.29, 0.717) is 24.7 Å². The number of benzene rings is 2. The van der Waals surface area contributed by atoms with Crippen molar-refractivity contribution in [1.29, 1.82) is 0 Å². The lowest BCUT2D eigenvalue weighted by Gasteiger charge is -2.52. The van der Waals surface area contributed by atoms with E-state index in [1.54, 1.807) is 0 Å². The number of rotatable bonds is 21. The van der Waals surface area contributed by atoms with Gasteiger partial charge < -0.3 is 18.9 Å². The first-order chi connectivity index (χ1) is 26.9. The summed E-state index contributed by atoms with van der Waals surface area (Å²) in [5.41, 5.74) is 2.71. The molecule has 2 fully saturated rings. The van der Waals surface area contributed by atoms with Crippen molar-refractivity contribution in [2.24, 2.45) is 33.5 Å². The van der Waals surface area contributed by atoms with Gasteiger partial charge in [-0.3, -0.25) is 9.59 Å². The smallest absolute Gasteiger partial charge is 0.306 e. The van der Waals surface area contributed by atoms with Gasteiger partial charge in [0.05, 0.1) is 12.2 Å². The first-order valence-electron chi connectivity index (χ1n) is 22.6. The molecule has 0 amide bonds. The zero-order chi connectivity index (χ0) is 41.7. The van der Waals surface area contributed by atoms with Crippen LogP contribution in [0, 0.1) is 33.5 Å². The lowest BCUT2D eigenvalue weighted by molar-refractivity contribution is -0.160. The molecule has 6 heteroatoms. The van der Waals surface area contributed by atoms with Crippen LogP contribution >= 0.6 is 0 Å². The van der Waals surface area contributed by atoms with E-state index in [4.69, 9.17) is 18.9 Å². The van der Waals surface area contributed by atoms with Crippen LogP contribution in [0.2, 0.25) is 0 Å². The Labute approximate surface area is 347 Å². The van der Waals surface area contributed by atoms with Crippen molar-refractivity contribution in [3.05, 3.63) is 71.8 Å². The number of ether oxygens (including phenoxy) is 4. The minimum Gasteiger partial charge on any atom is -0.462 e. The van der Waals surface area contributed by atoms with Crippen molar-refractivity contribution in [1.82, 2.24) is 0 Å². The summed E-state index contributed by atoms with van der Waals surface area (Å²) >= 11 is 0. The van der Waals surface area contributed by atoms with E-state index in [1.807, 2.05) is 12.1 Å². The second-order valence-electron chi connectivity index (χ2n) is 20.7. The van der Waals surface area contributed by atoms with Gasteiger partial charge in [0, 0.05) is 26.1 Å². The molecule has 0 aromatic heterocycles. The third-order valence-electron chi connectivity index (χ3n) is 13.6. The number of carbonyl (C=O) groups is 2. The molecule has 4 rings (SSSR count). The van der Waals surface area contributed by atoms with Crippen LogP contribution < -0.4 is 0 Å². The fraction of sp³-hybridized carbons (Fsp3) is 0.725. The van der Waals surface area contributed by atoms with E-state index < -0.39 is 0 Å². The van der Waals surface area contributed by atoms with Gasteiger partial charge in [0.15, 0.2) is 0 Å². The summed E-state index contributed by atoms with van der Waals surface area (Å²) in [6.07, 6.45) is 13.6. The molecule has 2 aliphatic rings.